The summed E-state index contributed by atoms with van der Waals surface area (Å²) < 4.78 is 22.1. The quantitative estimate of drug-likeness (QED) is 0.238. The van der Waals surface area contributed by atoms with Crippen molar-refractivity contribution in [2.24, 2.45) is 7.05 Å². The van der Waals surface area contributed by atoms with Crippen molar-refractivity contribution in [1.29, 1.82) is 0 Å². The molecular formula is C29H35FN6O2. The van der Waals surface area contributed by atoms with E-state index in [0.717, 1.165) is 36.2 Å². The Hall–Kier alpha value is -3.98. The Labute approximate surface area is 222 Å². The number of rotatable bonds is 11. The molecule has 0 unspecified atom stereocenters. The molecule has 0 aliphatic carbocycles. The van der Waals surface area contributed by atoms with Gasteiger partial charge in [-0.3, -0.25) is 9.69 Å². The number of aromatic nitrogens is 3. The average molecular weight is 519 g/mol. The zero-order valence-electron chi connectivity index (χ0n) is 22.6. The van der Waals surface area contributed by atoms with Crippen LogP contribution < -0.4 is 15.4 Å². The summed E-state index contributed by atoms with van der Waals surface area (Å²) in [6.07, 6.45) is 2.59. The second-order valence-electron chi connectivity index (χ2n) is 9.56. The van der Waals surface area contributed by atoms with Gasteiger partial charge in [0.15, 0.2) is 0 Å². The number of pyridine rings is 1. The monoisotopic (exact) mass is 518 g/mol. The zero-order valence-corrected chi connectivity index (χ0v) is 22.6. The molecule has 8 nitrogen and oxygen atoms in total. The molecule has 4 rings (SSSR count). The third-order valence-corrected chi connectivity index (χ3v) is 6.32. The highest BCUT2D eigenvalue weighted by Crippen LogP contribution is 2.30. The number of fused-ring (bicyclic) bond motifs is 1. The van der Waals surface area contributed by atoms with Gasteiger partial charge in [0.25, 0.3) is 0 Å². The van der Waals surface area contributed by atoms with Gasteiger partial charge in [-0.1, -0.05) is 27.7 Å². The van der Waals surface area contributed by atoms with E-state index in [1.165, 1.54) is 6.07 Å². The standard InChI is InChI=1S/C29H35FN6O2/c1-6-14-36(7-2)18-28(37)34-27-17-22(12-13-31-27)38-21-9-11-26-25(16-21)33-29(35(26)5)32-20-8-10-24(30)23(15-20)19(3)4/h8-13,15-17,19H,6-7,14,18H2,1-5H3,(H,32,33)(H,31,34,37). The Bertz CT molecular complexity index is 1420. The van der Waals surface area contributed by atoms with Crippen molar-refractivity contribution >= 4 is 34.4 Å². The number of hydrogen-bond donors (Lipinski definition) is 2. The van der Waals surface area contributed by atoms with Crippen molar-refractivity contribution in [3.05, 3.63) is 66.1 Å². The van der Waals surface area contributed by atoms with Crippen LogP contribution in [0.15, 0.2) is 54.7 Å². The number of benzene rings is 2. The first-order valence-electron chi connectivity index (χ1n) is 13.0. The largest absolute Gasteiger partial charge is 0.457 e. The number of anilines is 3. The molecule has 200 valence electrons. The number of halogens is 1. The molecule has 0 aliphatic heterocycles. The maximum Gasteiger partial charge on any atom is 0.239 e. The van der Waals surface area contributed by atoms with E-state index in [-0.39, 0.29) is 17.6 Å². The lowest BCUT2D eigenvalue weighted by Gasteiger charge is -2.18. The Kier molecular flexibility index (Phi) is 8.58. The number of carbonyl (C=O) groups is 1. The molecule has 1 amide bonds. The second kappa shape index (κ2) is 12.0. The van der Waals surface area contributed by atoms with Gasteiger partial charge in [0.1, 0.15) is 23.1 Å². The van der Waals surface area contributed by atoms with Crippen LogP contribution in [0.2, 0.25) is 0 Å². The minimum atomic E-state index is -0.212. The summed E-state index contributed by atoms with van der Waals surface area (Å²) in [5, 5.41) is 6.15. The van der Waals surface area contributed by atoms with E-state index >= 15 is 0 Å². The molecule has 0 radical (unpaired) electrons. The minimum absolute atomic E-state index is 0.0750. The lowest BCUT2D eigenvalue weighted by atomic mass is 10.0. The smallest absolute Gasteiger partial charge is 0.239 e. The third kappa shape index (κ3) is 6.47. The van der Waals surface area contributed by atoms with E-state index in [1.807, 2.05) is 56.7 Å². The van der Waals surface area contributed by atoms with Crippen LogP contribution in [0.5, 0.6) is 11.5 Å². The number of nitrogens with one attached hydrogen (secondary N) is 2. The molecule has 0 aliphatic rings. The van der Waals surface area contributed by atoms with Gasteiger partial charge in [-0.15, -0.1) is 0 Å². The molecule has 2 heterocycles. The summed E-state index contributed by atoms with van der Waals surface area (Å²) >= 11 is 0. The number of carbonyl (C=O) groups excluding carboxylic acids is 1. The van der Waals surface area contributed by atoms with E-state index in [1.54, 1.807) is 24.4 Å². The van der Waals surface area contributed by atoms with Gasteiger partial charge in [0.2, 0.25) is 11.9 Å². The molecule has 0 saturated carbocycles. The fraction of sp³-hybridized carbons (Fsp3) is 0.345. The normalized spacial score (nSPS) is 11.4. The van der Waals surface area contributed by atoms with Crippen molar-refractivity contribution < 1.29 is 13.9 Å². The molecule has 38 heavy (non-hydrogen) atoms. The minimum Gasteiger partial charge on any atom is -0.457 e. The van der Waals surface area contributed by atoms with Crippen LogP contribution in [0, 0.1) is 5.82 Å². The van der Waals surface area contributed by atoms with Crippen LogP contribution in [0.25, 0.3) is 11.0 Å². The molecule has 0 saturated heterocycles. The summed E-state index contributed by atoms with van der Waals surface area (Å²) in [5.74, 6) is 1.98. The van der Waals surface area contributed by atoms with Crippen LogP contribution in [0.1, 0.15) is 45.6 Å². The lowest BCUT2D eigenvalue weighted by Crippen LogP contribution is -2.33. The van der Waals surface area contributed by atoms with Crippen molar-refractivity contribution in [1.82, 2.24) is 19.4 Å². The number of amides is 1. The Morgan fingerprint density at radius 1 is 1.11 bits per heavy atom. The third-order valence-electron chi connectivity index (χ3n) is 6.32. The Balaban J connectivity index is 1.48. The van der Waals surface area contributed by atoms with Crippen LogP contribution >= 0.6 is 0 Å². The zero-order chi connectivity index (χ0) is 27.2. The second-order valence-corrected chi connectivity index (χ2v) is 9.56. The number of hydrogen-bond acceptors (Lipinski definition) is 6. The number of imidazole rings is 1. The van der Waals surface area contributed by atoms with Gasteiger partial charge in [-0.2, -0.15) is 0 Å². The van der Waals surface area contributed by atoms with E-state index < -0.39 is 0 Å². The van der Waals surface area contributed by atoms with E-state index in [4.69, 9.17) is 9.72 Å². The Morgan fingerprint density at radius 2 is 1.89 bits per heavy atom. The molecule has 0 fully saturated rings. The summed E-state index contributed by atoms with van der Waals surface area (Å²) in [6.45, 7) is 10.1. The number of ether oxygens (including phenoxy) is 1. The van der Waals surface area contributed by atoms with Crippen molar-refractivity contribution in [2.75, 3.05) is 30.3 Å². The predicted molar refractivity (Wildman–Crippen MR) is 150 cm³/mol. The molecule has 4 aromatic rings. The van der Waals surface area contributed by atoms with E-state index in [0.29, 0.717) is 35.4 Å². The number of aryl methyl sites for hydroxylation is 1. The van der Waals surface area contributed by atoms with E-state index in [9.17, 15) is 9.18 Å². The first kappa shape index (κ1) is 27.1. The van der Waals surface area contributed by atoms with E-state index in [2.05, 4.69) is 27.4 Å². The van der Waals surface area contributed by atoms with Gasteiger partial charge < -0.3 is 19.9 Å². The lowest BCUT2D eigenvalue weighted by molar-refractivity contribution is -0.117. The van der Waals surface area contributed by atoms with Crippen molar-refractivity contribution in [3.8, 4) is 11.5 Å². The average Bonchev–Trinajstić information content (AvgIpc) is 3.19. The fourth-order valence-corrected chi connectivity index (χ4v) is 4.28. The first-order chi connectivity index (χ1) is 18.3. The predicted octanol–water partition coefficient (Wildman–Crippen LogP) is 6.44. The summed E-state index contributed by atoms with van der Waals surface area (Å²) in [7, 11) is 1.92. The molecule has 2 N–H and O–H groups in total. The maximum absolute atomic E-state index is 14.1. The molecule has 0 spiro atoms. The van der Waals surface area contributed by atoms with Gasteiger partial charge >= 0.3 is 0 Å². The van der Waals surface area contributed by atoms with Gasteiger partial charge in [-0.25, -0.2) is 14.4 Å². The molecule has 2 aromatic heterocycles. The van der Waals surface area contributed by atoms with Crippen molar-refractivity contribution in [3.63, 3.8) is 0 Å². The molecule has 9 heteroatoms. The SMILES string of the molecule is CCCN(CC)CC(=O)Nc1cc(Oc2ccc3c(c2)nc(Nc2ccc(F)c(C(C)C)c2)n3C)ccn1. The van der Waals surface area contributed by atoms with Crippen molar-refractivity contribution in [2.45, 2.75) is 40.0 Å². The number of nitrogens with zero attached hydrogens (tertiary/aromatic N) is 4. The highest BCUT2D eigenvalue weighted by Gasteiger charge is 2.13. The maximum atomic E-state index is 14.1. The Morgan fingerprint density at radius 3 is 2.63 bits per heavy atom. The van der Waals surface area contributed by atoms with Gasteiger partial charge in [0, 0.05) is 31.1 Å². The van der Waals surface area contributed by atoms with Crippen LogP contribution in [-0.2, 0) is 11.8 Å². The van der Waals surface area contributed by atoms with Gasteiger partial charge in [0.05, 0.1) is 17.6 Å². The highest BCUT2D eigenvalue weighted by molar-refractivity contribution is 5.91. The molecular weight excluding hydrogens is 483 g/mol. The van der Waals surface area contributed by atoms with Crippen LogP contribution in [0.3, 0.4) is 0 Å². The fourth-order valence-electron chi connectivity index (χ4n) is 4.28. The van der Waals surface area contributed by atoms with Gasteiger partial charge in [-0.05, 0) is 67.4 Å². The van der Waals surface area contributed by atoms with Crippen LogP contribution in [0.4, 0.5) is 21.8 Å². The molecule has 0 bridgehead atoms. The molecule has 0 atom stereocenters. The molecule has 2 aromatic carbocycles. The number of likely N-dealkylation sites (N-methyl/N-ethyl adjacent to an activating group) is 1. The summed E-state index contributed by atoms with van der Waals surface area (Å²) in [6, 6.07) is 14.1. The highest BCUT2D eigenvalue weighted by atomic mass is 19.1. The topological polar surface area (TPSA) is 84.3 Å². The summed E-state index contributed by atoms with van der Waals surface area (Å²) in [5.41, 5.74) is 3.09. The van der Waals surface area contributed by atoms with Crippen LogP contribution in [-0.4, -0.2) is 45.0 Å². The first-order valence-corrected chi connectivity index (χ1v) is 13.0. The summed E-state index contributed by atoms with van der Waals surface area (Å²) in [4.78, 5) is 23.5.